The Balaban J connectivity index is 1.34. The summed E-state index contributed by atoms with van der Waals surface area (Å²) in [5, 5.41) is 11.9. The van der Waals surface area contributed by atoms with E-state index in [4.69, 9.17) is 0 Å². The van der Waals surface area contributed by atoms with E-state index >= 15 is 0 Å². The van der Waals surface area contributed by atoms with Gasteiger partial charge in [-0.15, -0.1) is 22.0 Å². The summed E-state index contributed by atoms with van der Waals surface area (Å²) in [7, 11) is 0. The van der Waals surface area contributed by atoms with E-state index < -0.39 is 0 Å². The Labute approximate surface area is 187 Å². The summed E-state index contributed by atoms with van der Waals surface area (Å²) < 4.78 is 13.0. The Morgan fingerprint density at radius 3 is 2.68 bits per heavy atom. The number of amides is 2. The number of thioether (sulfide) groups is 1. The Morgan fingerprint density at radius 2 is 1.90 bits per heavy atom. The smallest absolute Gasteiger partial charge is 0.286 e. The van der Waals surface area contributed by atoms with Gasteiger partial charge in [-0.05, 0) is 49.2 Å². The molecule has 6 nitrogen and oxygen atoms in total. The van der Waals surface area contributed by atoms with Crippen molar-refractivity contribution < 1.29 is 14.0 Å². The van der Waals surface area contributed by atoms with Crippen molar-refractivity contribution in [1.29, 1.82) is 0 Å². The number of carbonyl (C=O) groups is 2. The Kier molecular flexibility index (Phi) is 6.93. The number of nitrogens with zero attached hydrogens (tertiary/aromatic N) is 3. The van der Waals surface area contributed by atoms with Gasteiger partial charge in [0.15, 0.2) is 0 Å². The van der Waals surface area contributed by atoms with Crippen LogP contribution in [0.1, 0.15) is 33.6 Å². The van der Waals surface area contributed by atoms with Crippen LogP contribution in [0.3, 0.4) is 0 Å². The molecule has 0 aliphatic carbocycles. The van der Waals surface area contributed by atoms with Crippen molar-refractivity contribution >= 4 is 40.6 Å². The van der Waals surface area contributed by atoms with Gasteiger partial charge in [-0.25, -0.2) is 4.39 Å². The Hall–Kier alpha value is -2.78. The normalized spacial score (nSPS) is 16.2. The molecule has 0 bridgehead atoms. The second kappa shape index (κ2) is 10.0. The number of anilines is 1. The third-order valence-electron chi connectivity index (χ3n) is 4.97. The van der Waals surface area contributed by atoms with Gasteiger partial charge < -0.3 is 10.2 Å². The minimum atomic E-state index is -0.377. The van der Waals surface area contributed by atoms with Crippen LogP contribution >= 0.6 is 23.1 Å². The van der Waals surface area contributed by atoms with Crippen molar-refractivity contribution in [2.75, 3.05) is 24.2 Å². The molecule has 1 aliphatic rings. The molecule has 2 aromatic carbocycles. The molecule has 1 unspecified atom stereocenters. The van der Waals surface area contributed by atoms with E-state index in [0.29, 0.717) is 18.0 Å². The molecule has 0 saturated carbocycles. The number of halogens is 1. The van der Waals surface area contributed by atoms with Gasteiger partial charge in [0.2, 0.25) is 10.9 Å². The number of hydrogen-bond donors (Lipinski definition) is 1. The predicted molar refractivity (Wildman–Crippen MR) is 120 cm³/mol. The number of piperidine rings is 1. The molecule has 1 fully saturated rings. The van der Waals surface area contributed by atoms with E-state index in [9.17, 15) is 14.0 Å². The minimum Gasteiger partial charge on any atom is -0.341 e. The number of aromatic nitrogens is 2. The van der Waals surface area contributed by atoms with Gasteiger partial charge in [0.25, 0.3) is 5.91 Å². The van der Waals surface area contributed by atoms with Gasteiger partial charge >= 0.3 is 0 Å². The molecule has 1 atom stereocenters. The first-order valence-electron chi connectivity index (χ1n) is 9.94. The number of likely N-dealkylation sites (tertiary alicyclic amines) is 1. The van der Waals surface area contributed by atoms with Crippen molar-refractivity contribution in [2.24, 2.45) is 0 Å². The van der Waals surface area contributed by atoms with E-state index in [1.807, 2.05) is 35.2 Å². The van der Waals surface area contributed by atoms with Crippen LogP contribution in [-0.4, -0.2) is 45.8 Å². The molecule has 1 saturated heterocycles. The van der Waals surface area contributed by atoms with Crippen LogP contribution in [0.15, 0.2) is 59.5 Å². The Morgan fingerprint density at radius 1 is 1.13 bits per heavy atom. The van der Waals surface area contributed by atoms with Crippen LogP contribution in [-0.2, 0) is 4.79 Å². The second-order valence-electron chi connectivity index (χ2n) is 7.19. The summed E-state index contributed by atoms with van der Waals surface area (Å²) >= 11 is 2.78. The third-order valence-corrected chi connectivity index (χ3v) is 7.05. The largest absolute Gasteiger partial charge is 0.341 e. The number of carbonyl (C=O) groups excluding carboxylic acids is 2. The maximum atomic E-state index is 13.0. The summed E-state index contributed by atoms with van der Waals surface area (Å²) in [5.41, 5.74) is 0.494. The fraction of sp³-hybridized carbons (Fsp3) is 0.273. The zero-order chi connectivity index (χ0) is 21.6. The van der Waals surface area contributed by atoms with Gasteiger partial charge in [-0.1, -0.05) is 29.5 Å². The average Bonchev–Trinajstić information content (AvgIpc) is 3.30. The highest BCUT2D eigenvalue weighted by Crippen LogP contribution is 2.30. The molecule has 2 amide bonds. The highest BCUT2D eigenvalue weighted by molar-refractivity contribution is 8.00. The van der Waals surface area contributed by atoms with Crippen LogP contribution in [0.5, 0.6) is 0 Å². The minimum absolute atomic E-state index is 0.0734. The first-order valence-corrected chi connectivity index (χ1v) is 11.7. The molecule has 160 valence electrons. The summed E-state index contributed by atoms with van der Waals surface area (Å²) in [6.07, 6.45) is 1.80. The van der Waals surface area contributed by atoms with Crippen LogP contribution < -0.4 is 5.32 Å². The highest BCUT2D eigenvalue weighted by atomic mass is 32.2. The van der Waals surface area contributed by atoms with Gasteiger partial charge in [0.05, 0.1) is 5.75 Å². The number of benzene rings is 2. The fourth-order valence-electron chi connectivity index (χ4n) is 3.37. The van der Waals surface area contributed by atoms with E-state index in [0.717, 1.165) is 29.3 Å². The maximum Gasteiger partial charge on any atom is 0.286 e. The van der Waals surface area contributed by atoms with Crippen LogP contribution in [0, 0.1) is 5.82 Å². The molecule has 9 heteroatoms. The second-order valence-corrected chi connectivity index (χ2v) is 9.24. The molecule has 1 N–H and O–H groups in total. The lowest BCUT2D eigenvalue weighted by molar-refractivity contribution is -0.129. The first kappa shape index (κ1) is 21.5. The monoisotopic (exact) mass is 456 g/mol. The lowest BCUT2D eigenvalue weighted by Gasteiger charge is -2.31. The quantitative estimate of drug-likeness (QED) is 0.556. The molecule has 1 aromatic heterocycles. The summed E-state index contributed by atoms with van der Waals surface area (Å²) in [6.45, 7) is 1.32. The van der Waals surface area contributed by atoms with E-state index in [1.54, 1.807) is 0 Å². The lowest BCUT2D eigenvalue weighted by Crippen LogP contribution is -2.40. The summed E-state index contributed by atoms with van der Waals surface area (Å²) in [6, 6.07) is 15.4. The first-order chi connectivity index (χ1) is 15.1. The van der Waals surface area contributed by atoms with Crippen molar-refractivity contribution in [2.45, 2.75) is 23.7 Å². The van der Waals surface area contributed by atoms with Crippen LogP contribution in [0.4, 0.5) is 10.1 Å². The highest BCUT2D eigenvalue weighted by Gasteiger charge is 2.28. The van der Waals surface area contributed by atoms with Gasteiger partial charge in [0.1, 0.15) is 10.8 Å². The molecule has 4 rings (SSSR count). The molecule has 0 spiro atoms. The van der Waals surface area contributed by atoms with Crippen molar-refractivity contribution in [1.82, 2.24) is 15.1 Å². The standard InChI is InChI=1S/C22H21FN4O2S2/c23-16-8-10-17(11-9-16)24-20(29)22-26-25-21(31-22)15-5-4-12-27(13-15)19(28)14-30-18-6-2-1-3-7-18/h1-3,6-11,15H,4-5,12-14H2,(H,24,29). The van der Waals surface area contributed by atoms with Crippen molar-refractivity contribution in [3.8, 4) is 0 Å². The maximum absolute atomic E-state index is 13.0. The molecule has 1 aliphatic heterocycles. The molecular weight excluding hydrogens is 435 g/mol. The molecular formula is C22H21FN4O2S2. The number of hydrogen-bond acceptors (Lipinski definition) is 6. The molecule has 0 radical (unpaired) electrons. The molecule has 2 heterocycles. The third kappa shape index (κ3) is 5.68. The van der Waals surface area contributed by atoms with E-state index in [1.165, 1.54) is 47.4 Å². The SMILES string of the molecule is O=C(Nc1ccc(F)cc1)c1nnc(C2CCCN(C(=O)CSc3ccccc3)C2)s1. The topological polar surface area (TPSA) is 75.2 Å². The molecule has 3 aromatic rings. The number of rotatable bonds is 6. The zero-order valence-electron chi connectivity index (χ0n) is 16.7. The van der Waals surface area contributed by atoms with Crippen LogP contribution in [0.25, 0.3) is 0 Å². The lowest BCUT2D eigenvalue weighted by atomic mass is 9.99. The fourth-order valence-corrected chi connectivity index (χ4v) is 5.05. The van der Waals surface area contributed by atoms with E-state index in [-0.39, 0.29) is 28.6 Å². The van der Waals surface area contributed by atoms with Crippen molar-refractivity contribution in [3.05, 3.63) is 70.4 Å². The van der Waals surface area contributed by atoms with Crippen LogP contribution in [0.2, 0.25) is 0 Å². The van der Waals surface area contributed by atoms with Gasteiger partial charge in [0, 0.05) is 29.6 Å². The predicted octanol–water partition coefficient (Wildman–Crippen LogP) is 4.43. The van der Waals surface area contributed by atoms with Gasteiger partial charge in [-0.2, -0.15) is 0 Å². The van der Waals surface area contributed by atoms with E-state index in [2.05, 4.69) is 15.5 Å². The van der Waals surface area contributed by atoms with Crippen molar-refractivity contribution in [3.63, 3.8) is 0 Å². The summed E-state index contributed by atoms with van der Waals surface area (Å²) in [5.74, 6) is -0.159. The average molecular weight is 457 g/mol. The molecule has 31 heavy (non-hydrogen) atoms. The number of nitrogens with one attached hydrogen (secondary N) is 1. The Bertz CT molecular complexity index is 1040. The summed E-state index contributed by atoms with van der Waals surface area (Å²) in [4.78, 5) is 28.0. The zero-order valence-corrected chi connectivity index (χ0v) is 18.3. The van der Waals surface area contributed by atoms with Gasteiger partial charge in [-0.3, -0.25) is 9.59 Å².